The molecule has 1 atom stereocenters. The number of hydrogen-bond donors (Lipinski definition) is 0. The molecule has 1 saturated heterocycles. The Kier molecular flexibility index (Phi) is 6.67. The second-order valence-electron chi connectivity index (χ2n) is 8.91. The molecule has 0 saturated carbocycles. The first-order valence-corrected chi connectivity index (χ1v) is 11.7. The van der Waals surface area contributed by atoms with E-state index in [2.05, 4.69) is 43.6 Å². The van der Waals surface area contributed by atoms with E-state index in [1.54, 1.807) is 29.5 Å². The summed E-state index contributed by atoms with van der Waals surface area (Å²) in [4.78, 5) is 25.5. The van der Waals surface area contributed by atoms with E-state index in [0.29, 0.717) is 32.7 Å². The van der Waals surface area contributed by atoms with E-state index >= 15 is 0 Å². The number of hydrogen-bond acceptors (Lipinski definition) is 5. The van der Waals surface area contributed by atoms with Crippen LogP contribution in [0.1, 0.15) is 35.3 Å². The fourth-order valence-electron chi connectivity index (χ4n) is 4.55. The summed E-state index contributed by atoms with van der Waals surface area (Å²) in [6.45, 7) is 5.72. The SMILES string of the molecule is CC(c1ccc(F)cc1)n1cncc1CN1CCN(Cc2ccccc2Cn2cncn2)C(=O)C1. The number of nitrogens with zero attached hydrogens (tertiary/aromatic N) is 7. The summed E-state index contributed by atoms with van der Waals surface area (Å²) < 4.78 is 17.2. The molecule has 1 amide bonds. The molecular weight excluding hydrogens is 445 g/mol. The highest BCUT2D eigenvalue weighted by Gasteiger charge is 2.26. The molecule has 4 aromatic rings. The lowest BCUT2D eigenvalue weighted by Gasteiger charge is -2.35. The average Bonchev–Trinajstić information content (AvgIpc) is 3.54. The van der Waals surface area contributed by atoms with Gasteiger partial charge in [-0.1, -0.05) is 36.4 Å². The summed E-state index contributed by atoms with van der Waals surface area (Å²) in [7, 11) is 0. The zero-order chi connectivity index (χ0) is 24.2. The number of halogens is 1. The Hall–Kier alpha value is -3.85. The lowest BCUT2D eigenvalue weighted by Crippen LogP contribution is -2.49. The molecule has 0 radical (unpaired) electrons. The monoisotopic (exact) mass is 473 g/mol. The average molecular weight is 474 g/mol. The van der Waals surface area contributed by atoms with E-state index in [1.807, 2.05) is 23.2 Å². The molecule has 3 heterocycles. The second kappa shape index (κ2) is 10.2. The first-order valence-electron chi connectivity index (χ1n) is 11.7. The van der Waals surface area contributed by atoms with Crippen LogP contribution in [-0.2, 0) is 24.4 Å². The van der Waals surface area contributed by atoms with Gasteiger partial charge in [-0.25, -0.2) is 19.0 Å². The molecule has 8 nitrogen and oxygen atoms in total. The quantitative estimate of drug-likeness (QED) is 0.393. The fraction of sp³-hybridized carbons (Fsp3) is 0.308. The molecule has 1 fully saturated rings. The predicted octanol–water partition coefficient (Wildman–Crippen LogP) is 3.12. The number of rotatable bonds is 8. The number of carbonyl (C=O) groups is 1. The van der Waals surface area contributed by atoms with E-state index < -0.39 is 0 Å². The zero-order valence-electron chi connectivity index (χ0n) is 19.7. The molecule has 2 aromatic carbocycles. The number of benzene rings is 2. The van der Waals surface area contributed by atoms with Crippen molar-refractivity contribution in [2.45, 2.75) is 32.6 Å². The highest BCUT2D eigenvalue weighted by molar-refractivity contribution is 5.79. The molecule has 5 rings (SSSR count). The molecule has 9 heteroatoms. The third-order valence-electron chi connectivity index (χ3n) is 6.58. The lowest BCUT2D eigenvalue weighted by atomic mass is 10.1. The van der Waals surface area contributed by atoms with Gasteiger partial charge in [0.05, 0.1) is 31.2 Å². The van der Waals surface area contributed by atoms with Crippen LogP contribution in [0.5, 0.6) is 0 Å². The summed E-state index contributed by atoms with van der Waals surface area (Å²) in [6, 6.07) is 14.7. The first kappa shape index (κ1) is 22.9. The minimum absolute atomic E-state index is 0.0200. The van der Waals surface area contributed by atoms with Gasteiger partial charge in [0.25, 0.3) is 0 Å². The van der Waals surface area contributed by atoms with E-state index in [1.165, 1.54) is 18.5 Å². The van der Waals surface area contributed by atoms with Crippen molar-refractivity contribution in [2.24, 2.45) is 0 Å². The molecule has 0 bridgehead atoms. The smallest absolute Gasteiger partial charge is 0.237 e. The Balaban J connectivity index is 1.22. The Labute approximate surface area is 203 Å². The molecule has 0 spiro atoms. The number of imidazole rings is 1. The maximum Gasteiger partial charge on any atom is 0.237 e. The number of carbonyl (C=O) groups excluding carboxylic acids is 1. The summed E-state index contributed by atoms with van der Waals surface area (Å²) in [6.07, 6.45) is 6.87. The van der Waals surface area contributed by atoms with Crippen molar-refractivity contribution in [2.75, 3.05) is 19.6 Å². The van der Waals surface area contributed by atoms with Gasteiger partial charge in [0.1, 0.15) is 18.5 Å². The van der Waals surface area contributed by atoms with E-state index in [4.69, 9.17) is 0 Å². The van der Waals surface area contributed by atoms with Crippen LogP contribution in [0.15, 0.2) is 73.7 Å². The molecule has 180 valence electrons. The molecule has 35 heavy (non-hydrogen) atoms. The van der Waals surface area contributed by atoms with Crippen LogP contribution in [-0.4, -0.2) is 59.7 Å². The van der Waals surface area contributed by atoms with Crippen molar-refractivity contribution in [3.8, 4) is 0 Å². The van der Waals surface area contributed by atoms with Gasteiger partial charge in [0.15, 0.2) is 0 Å². The Bertz CT molecular complexity index is 1270. The minimum atomic E-state index is -0.246. The van der Waals surface area contributed by atoms with Gasteiger partial charge in [-0.15, -0.1) is 0 Å². The van der Waals surface area contributed by atoms with Crippen molar-refractivity contribution >= 4 is 5.91 Å². The van der Waals surface area contributed by atoms with Gasteiger partial charge >= 0.3 is 0 Å². The standard InChI is InChI=1S/C26H28FN7O/c1-20(21-6-8-24(27)9-7-21)34-19-28-12-25(34)15-31-10-11-32(26(35)16-31)13-22-4-2-3-5-23(22)14-33-18-29-17-30-33/h2-9,12,17-20H,10-11,13-16H2,1H3. The van der Waals surface area contributed by atoms with Crippen LogP contribution in [0.25, 0.3) is 0 Å². The van der Waals surface area contributed by atoms with Crippen molar-refractivity contribution in [3.05, 3.63) is 102 Å². The summed E-state index contributed by atoms with van der Waals surface area (Å²) >= 11 is 0. The van der Waals surface area contributed by atoms with E-state index in [-0.39, 0.29) is 17.8 Å². The van der Waals surface area contributed by atoms with Crippen molar-refractivity contribution < 1.29 is 9.18 Å². The van der Waals surface area contributed by atoms with Gasteiger partial charge in [0.2, 0.25) is 5.91 Å². The van der Waals surface area contributed by atoms with Crippen LogP contribution < -0.4 is 0 Å². The van der Waals surface area contributed by atoms with Crippen LogP contribution in [0.4, 0.5) is 4.39 Å². The Morgan fingerprint density at radius 2 is 1.71 bits per heavy atom. The molecule has 1 aliphatic rings. The summed E-state index contributed by atoms with van der Waals surface area (Å²) in [5.41, 5.74) is 4.29. The number of piperazine rings is 1. The molecule has 1 unspecified atom stereocenters. The molecule has 0 aliphatic carbocycles. The third-order valence-corrected chi connectivity index (χ3v) is 6.58. The number of amides is 1. The van der Waals surface area contributed by atoms with Crippen LogP contribution in [0, 0.1) is 5.82 Å². The highest BCUT2D eigenvalue weighted by atomic mass is 19.1. The van der Waals surface area contributed by atoms with Crippen LogP contribution in [0.2, 0.25) is 0 Å². The van der Waals surface area contributed by atoms with Crippen LogP contribution >= 0.6 is 0 Å². The minimum Gasteiger partial charge on any atom is -0.336 e. The van der Waals surface area contributed by atoms with Gasteiger partial charge in [-0.05, 0) is 35.7 Å². The predicted molar refractivity (Wildman–Crippen MR) is 129 cm³/mol. The summed E-state index contributed by atoms with van der Waals surface area (Å²) in [5.74, 6) is -0.131. The Morgan fingerprint density at radius 3 is 2.43 bits per heavy atom. The molecular formula is C26H28FN7O. The normalized spacial score (nSPS) is 15.5. The largest absolute Gasteiger partial charge is 0.336 e. The highest BCUT2D eigenvalue weighted by Crippen LogP contribution is 2.22. The van der Waals surface area contributed by atoms with Gasteiger partial charge < -0.3 is 9.47 Å². The molecule has 0 N–H and O–H groups in total. The van der Waals surface area contributed by atoms with Crippen molar-refractivity contribution in [3.63, 3.8) is 0 Å². The molecule has 1 aliphatic heterocycles. The first-order chi connectivity index (χ1) is 17.1. The maximum atomic E-state index is 13.3. The van der Waals surface area contributed by atoms with Crippen molar-refractivity contribution in [1.82, 2.24) is 34.1 Å². The van der Waals surface area contributed by atoms with E-state index in [0.717, 1.165) is 28.9 Å². The fourth-order valence-corrected chi connectivity index (χ4v) is 4.55. The lowest BCUT2D eigenvalue weighted by molar-refractivity contribution is -0.136. The Morgan fingerprint density at radius 1 is 0.943 bits per heavy atom. The second-order valence-corrected chi connectivity index (χ2v) is 8.91. The topological polar surface area (TPSA) is 72.1 Å². The molecule has 2 aromatic heterocycles. The van der Waals surface area contributed by atoms with E-state index in [9.17, 15) is 9.18 Å². The van der Waals surface area contributed by atoms with Gasteiger partial charge in [-0.2, -0.15) is 5.10 Å². The van der Waals surface area contributed by atoms with Crippen molar-refractivity contribution in [1.29, 1.82) is 0 Å². The van der Waals surface area contributed by atoms with Gasteiger partial charge in [0, 0.05) is 32.4 Å². The third kappa shape index (κ3) is 5.30. The summed E-state index contributed by atoms with van der Waals surface area (Å²) in [5, 5.41) is 4.20. The zero-order valence-corrected chi connectivity index (χ0v) is 19.7. The van der Waals surface area contributed by atoms with Crippen LogP contribution in [0.3, 0.4) is 0 Å². The maximum absolute atomic E-state index is 13.3. The van der Waals surface area contributed by atoms with Gasteiger partial charge in [-0.3, -0.25) is 9.69 Å². The number of aromatic nitrogens is 5.